The predicted molar refractivity (Wildman–Crippen MR) is 137 cm³/mol. The van der Waals surface area contributed by atoms with E-state index in [9.17, 15) is 0 Å². The summed E-state index contributed by atoms with van der Waals surface area (Å²) in [5.74, 6) is 2.58. The number of methoxy groups -OCH3 is 1. The quantitative estimate of drug-likeness (QED) is 0.603. The summed E-state index contributed by atoms with van der Waals surface area (Å²) in [6, 6.07) is 9.66. The van der Waals surface area contributed by atoms with Gasteiger partial charge < -0.3 is 15.1 Å². The Morgan fingerprint density at radius 2 is 1.89 bits per heavy atom. The highest BCUT2D eigenvalue weighted by Crippen LogP contribution is 2.35. The monoisotopic (exact) mass is 475 g/mol. The van der Waals surface area contributed by atoms with Gasteiger partial charge in [0.2, 0.25) is 5.88 Å². The molecular formula is C27H37N7O. The molecule has 8 heteroatoms. The minimum absolute atomic E-state index is 0.586. The van der Waals surface area contributed by atoms with Crippen LogP contribution in [0.2, 0.25) is 0 Å². The van der Waals surface area contributed by atoms with Gasteiger partial charge in [0.1, 0.15) is 5.82 Å². The summed E-state index contributed by atoms with van der Waals surface area (Å²) in [7, 11) is 1.66. The molecule has 35 heavy (non-hydrogen) atoms. The molecule has 4 fully saturated rings. The zero-order chi connectivity index (χ0) is 23.6. The Hall–Kier alpha value is -2.68. The van der Waals surface area contributed by atoms with Gasteiger partial charge in [-0.1, -0.05) is 25.3 Å². The van der Waals surface area contributed by atoms with Gasteiger partial charge in [-0.25, -0.2) is 15.4 Å². The molecule has 5 aliphatic rings. The number of anilines is 1. The smallest absolute Gasteiger partial charge is 0.212 e. The van der Waals surface area contributed by atoms with Crippen LogP contribution in [0.3, 0.4) is 0 Å². The second-order valence-electron chi connectivity index (χ2n) is 10.5. The molecule has 4 aliphatic heterocycles. The van der Waals surface area contributed by atoms with E-state index in [1.807, 2.05) is 18.5 Å². The van der Waals surface area contributed by atoms with E-state index in [4.69, 9.17) is 9.72 Å². The number of nitrogens with one attached hydrogen (secondary N) is 2. The summed E-state index contributed by atoms with van der Waals surface area (Å²) < 4.78 is 5.18. The lowest BCUT2D eigenvalue weighted by molar-refractivity contribution is -0.00877. The zero-order valence-electron chi connectivity index (χ0n) is 20.7. The molecule has 6 heterocycles. The molecule has 3 saturated heterocycles. The molecule has 1 saturated carbocycles. The standard InChI is InChI=1S/C27H37N7O/c1-35-27-10-7-21(12-29-27)16-33-24-11-25(33)19-32(18-24)26-9-8-22(14-28-26)23-15-31-34(17-23)30-13-20-5-3-2-4-6-20/h7-10,12,14-15,20,24-25,30-31H,2-6,11,13,16-19H2,1H3. The highest BCUT2D eigenvalue weighted by atomic mass is 16.5. The third-order valence-corrected chi connectivity index (χ3v) is 8.18. The van der Waals surface area contributed by atoms with Crippen LogP contribution < -0.4 is 20.5 Å². The summed E-state index contributed by atoms with van der Waals surface area (Å²) in [6.07, 6.45) is 14.3. The molecule has 1 aliphatic carbocycles. The summed E-state index contributed by atoms with van der Waals surface area (Å²) in [5.41, 5.74) is 10.7. The molecule has 2 aromatic rings. The Labute approximate surface area is 208 Å². The van der Waals surface area contributed by atoms with E-state index < -0.39 is 0 Å². The zero-order valence-corrected chi connectivity index (χ0v) is 20.7. The maximum absolute atomic E-state index is 5.18. The van der Waals surface area contributed by atoms with Crippen molar-refractivity contribution in [3.05, 3.63) is 54.0 Å². The molecule has 2 aromatic heterocycles. The minimum Gasteiger partial charge on any atom is -0.481 e. The van der Waals surface area contributed by atoms with Crippen LogP contribution in [0.15, 0.2) is 42.9 Å². The van der Waals surface area contributed by atoms with E-state index in [2.05, 4.69) is 55.2 Å². The molecule has 2 atom stereocenters. The lowest BCUT2D eigenvalue weighted by Crippen LogP contribution is -2.68. The highest BCUT2D eigenvalue weighted by Gasteiger charge is 2.44. The molecule has 0 radical (unpaired) electrons. The van der Waals surface area contributed by atoms with Gasteiger partial charge in [0.25, 0.3) is 0 Å². The van der Waals surface area contributed by atoms with Crippen LogP contribution in [0.4, 0.5) is 5.82 Å². The summed E-state index contributed by atoms with van der Waals surface area (Å²) in [4.78, 5) is 14.3. The second kappa shape index (κ2) is 10.1. The maximum Gasteiger partial charge on any atom is 0.212 e. The van der Waals surface area contributed by atoms with Crippen LogP contribution in [0.1, 0.15) is 49.7 Å². The fourth-order valence-corrected chi connectivity index (χ4v) is 6.06. The van der Waals surface area contributed by atoms with Crippen molar-refractivity contribution in [2.75, 3.05) is 38.2 Å². The molecule has 186 valence electrons. The Morgan fingerprint density at radius 1 is 1.03 bits per heavy atom. The molecule has 0 spiro atoms. The number of fused-ring (bicyclic) bond motifs is 2. The first kappa shape index (κ1) is 22.8. The topological polar surface area (TPSA) is 68.8 Å². The Kier molecular flexibility index (Phi) is 6.59. The average Bonchev–Trinajstić information content (AvgIpc) is 3.41. The fraction of sp³-hybridized carbons (Fsp3) is 0.556. The molecular weight excluding hydrogens is 438 g/mol. The number of hydrazine groups is 2. The van der Waals surface area contributed by atoms with Gasteiger partial charge in [-0.05, 0) is 54.0 Å². The lowest BCUT2D eigenvalue weighted by Gasteiger charge is -2.56. The fourth-order valence-electron chi connectivity index (χ4n) is 6.06. The number of nitrogens with zero attached hydrogens (tertiary/aromatic N) is 5. The molecule has 0 aromatic carbocycles. The molecule has 2 bridgehead atoms. The van der Waals surface area contributed by atoms with Gasteiger partial charge in [-0.3, -0.25) is 4.90 Å². The highest BCUT2D eigenvalue weighted by molar-refractivity contribution is 5.68. The van der Waals surface area contributed by atoms with Crippen molar-refractivity contribution in [1.29, 1.82) is 0 Å². The summed E-state index contributed by atoms with van der Waals surface area (Å²) in [6.45, 7) is 4.95. The normalized spacial score (nSPS) is 25.2. The van der Waals surface area contributed by atoms with Crippen molar-refractivity contribution in [1.82, 2.24) is 30.8 Å². The molecule has 8 nitrogen and oxygen atoms in total. The van der Waals surface area contributed by atoms with Gasteiger partial charge in [-0.15, -0.1) is 0 Å². The van der Waals surface area contributed by atoms with Crippen LogP contribution in [-0.4, -0.2) is 65.4 Å². The van der Waals surface area contributed by atoms with Crippen molar-refractivity contribution in [3.8, 4) is 5.88 Å². The van der Waals surface area contributed by atoms with Gasteiger partial charge in [0.05, 0.1) is 13.7 Å². The van der Waals surface area contributed by atoms with Gasteiger partial charge in [0.15, 0.2) is 0 Å². The van der Waals surface area contributed by atoms with E-state index in [1.54, 1.807) is 7.11 Å². The van der Waals surface area contributed by atoms with Crippen LogP contribution in [-0.2, 0) is 6.54 Å². The van der Waals surface area contributed by atoms with E-state index >= 15 is 0 Å². The van der Waals surface area contributed by atoms with Crippen LogP contribution in [0.25, 0.3) is 5.57 Å². The van der Waals surface area contributed by atoms with Gasteiger partial charge in [-0.2, -0.15) is 5.12 Å². The lowest BCUT2D eigenvalue weighted by atomic mass is 9.87. The van der Waals surface area contributed by atoms with E-state index in [1.165, 1.54) is 55.2 Å². The van der Waals surface area contributed by atoms with Crippen LogP contribution in [0.5, 0.6) is 5.88 Å². The molecule has 2 N–H and O–H groups in total. The number of ether oxygens (including phenoxy) is 1. The number of piperazine rings is 1. The van der Waals surface area contributed by atoms with Crippen LogP contribution in [0, 0.1) is 5.92 Å². The third-order valence-electron chi connectivity index (χ3n) is 8.18. The number of piperidine rings is 1. The Balaban J connectivity index is 0.991. The SMILES string of the molecule is COc1ccc(CN2C3CC2CN(c2ccc(C4=CNN(NCC5CCCCC5)C4)cn2)C3)cn1. The second-order valence-corrected chi connectivity index (χ2v) is 10.5. The average molecular weight is 476 g/mol. The van der Waals surface area contributed by atoms with E-state index in [0.717, 1.165) is 44.5 Å². The predicted octanol–water partition coefficient (Wildman–Crippen LogP) is 3.19. The molecule has 2 unspecified atom stereocenters. The first-order valence-corrected chi connectivity index (χ1v) is 13.2. The first-order valence-electron chi connectivity index (χ1n) is 13.2. The van der Waals surface area contributed by atoms with Crippen molar-refractivity contribution >= 4 is 11.4 Å². The number of pyridine rings is 2. The maximum atomic E-state index is 5.18. The Bertz CT molecular complexity index is 1010. The van der Waals surface area contributed by atoms with Crippen molar-refractivity contribution in [2.24, 2.45) is 5.92 Å². The van der Waals surface area contributed by atoms with E-state index in [0.29, 0.717) is 18.0 Å². The molecule has 7 rings (SSSR count). The number of aromatic nitrogens is 2. The minimum atomic E-state index is 0.586. The number of rotatable bonds is 8. The van der Waals surface area contributed by atoms with Gasteiger partial charge >= 0.3 is 0 Å². The van der Waals surface area contributed by atoms with Crippen LogP contribution >= 0.6 is 0 Å². The number of hydrogen-bond donors (Lipinski definition) is 2. The Morgan fingerprint density at radius 3 is 2.60 bits per heavy atom. The van der Waals surface area contributed by atoms with E-state index in [-0.39, 0.29) is 0 Å². The summed E-state index contributed by atoms with van der Waals surface area (Å²) in [5, 5.41) is 2.11. The van der Waals surface area contributed by atoms with Crippen molar-refractivity contribution in [2.45, 2.75) is 57.2 Å². The number of hydrogen-bond acceptors (Lipinski definition) is 8. The first-order chi connectivity index (χ1) is 17.2. The summed E-state index contributed by atoms with van der Waals surface area (Å²) >= 11 is 0. The third kappa shape index (κ3) is 5.01. The largest absolute Gasteiger partial charge is 0.481 e. The van der Waals surface area contributed by atoms with Gasteiger partial charge in [0, 0.05) is 62.9 Å². The van der Waals surface area contributed by atoms with Crippen molar-refractivity contribution < 1.29 is 4.74 Å². The molecule has 0 amide bonds. The van der Waals surface area contributed by atoms with Crippen molar-refractivity contribution in [3.63, 3.8) is 0 Å².